The van der Waals surface area contributed by atoms with E-state index in [9.17, 15) is 4.79 Å². The second-order valence-electron chi connectivity index (χ2n) is 6.01. The van der Waals surface area contributed by atoms with Crippen molar-refractivity contribution < 1.29 is 9.53 Å². The van der Waals surface area contributed by atoms with E-state index in [-0.39, 0.29) is 5.91 Å². The van der Waals surface area contributed by atoms with Gasteiger partial charge in [-0.15, -0.1) is 0 Å². The lowest BCUT2D eigenvalue weighted by Gasteiger charge is -2.11. The van der Waals surface area contributed by atoms with Gasteiger partial charge in [-0.2, -0.15) is 0 Å². The molecule has 2 aromatic carbocycles. The Morgan fingerprint density at radius 1 is 1.15 bits per heavy atom. The summed E-state index contributed by atoms with van der Waals surface area (Å²) in [7, 11) is 1.65. The number of halogens is 1. The number of hydrogen-bond donors (Lipinski definition) is 2. The van der Waals surface area contributed by atoms with Crippen LogP contribution in [-0.2, 0) is 6.54 Å². The first-order valence-electron chi connectivity index (χ1n) is 8.46. The van der Waals surface area contributed by atoms with E-state index < -0.39 is 0 Å². The number of ether oxygens (including phenoxy) is 1. The summed E-state index contributed by atoms with van der Waals surface area (Å²) >= 11 is 5.94. The van der Waals surface area contributed by atoms with E-state index >= 15 is 0 Å². The standard InChI is InChI=1S/C21H20ClN3O2/c1-14-11-17(22)8-9-18(14)25-21(26)16-7-10-20(24-13-16)23-12-15-5-3-4-6-19(15)27-2/h3-11,13H,12H2,1-2H3,(H,23,24)(H,25,26). The Labute approximate surface area is 163 Å². The molecule has 0 bridgehead atoms. The van der Waals surface area contributed by atoms with Crippen LogP contribution in [0.5, 0.6) is 5.75 Å². The molecule has 1 aromatic heterocycles. The highest BCUT2D eigenvalue weighted by molar-refractivity contribution is 6.30. The summed E-state index contributed by atoms with van der Waals surface area (Å²) in [6, 6.07) is 16.6. The van der Waals surface area contributed by atoms with Gasteiger partial charge in [0.05, 0.1) is 12.7 Å². The number of para-hydroxylation sites is 1. The number of hydrogen-bond acceptors (Lipinski definition) is 4. The summed E-state index contributed by atoms with van der Waals surface area (Å²) in [5.41, 5.74) is 3.13. The van der Waals surface area contributed by atoms with Crippen LogP contribution in [-0.4, -0.2) is 18.0 Å². The maximum atomic E-state index is 12.4. The van der Waals surface area contributed by atoms with Crippen LogP contribution in [0.15, 0.2) is 60.8 Å². The van der Waals surface area contributed by atoms with Gasteiger partial charge < -0.3 is 15.4 Å². The van der Waals surface area contributed by atoms with Gasteiger partial charge in [0.2, 0.25) is 0 Å². The Kier molecular flexibility index (Phi) is 5.94. The second kappa shape index (κ2) is 8.56. The number of carbonyl (C=O) groups is 1. The first-order valence-corrected chi connectivity index (χ1v) is 8.84. The molecule has 3 rings (SSSR count). The first kappa shape index (κ1) is 18.7. The van der Waals surface area contributed by atoms with Crippen molar-refractivity contribution >= 4 is 29.0 Å². The van der Waals surface area contributed by atoms with Gasteiger partial charge in [-0.3, -0.25) is 4.79 Å². The number of rotatable bonds is 6. The Balaban J connectivity index is 1.63. The van der Waals surface area contributed by atoms with Gasteiger partial charge in [0.15, 0.2) is 0 Å². The smallest absolute Gasteiger partial charge is 0.257 e. The highest BCUT2D eigenvalue weighted by atomic mass is 35.5. The molecule has 3 aromatic rings. The third-order valence-electron chi connectivity index (χ3n) is 4.11. The van der Waals surface area contributed by atoms with Gasteiger partial charge in [-0.1, -0.05) is 29.8 Å². The Morgan fingerprint density at radius 2 is 1.96 bits per heavy atom. The highest BCUT2D eigenvalue weighted by Crippen LogP contribution is 2.21. The van der Waals surface area contributed by atoms with Crippen LogP contribution < -0.4 is 15.4 Å². The number of aryl methyl sites for hydroxylation is 1. The van der Waals surface area contributed by atoms with Crippen molar-refractivity contribution in [1.82, 2.24) is 4.98 Å². The molecule has 27 heavy (non-hydrogen) atoms. The SMILES string of the molecule is COc1ccccc1CNc1ccc(C(=O)Nc2ccc(Cl)cc2C)cn1. The summed E-state index contributed by atoms with van der Waals surface area (Å²) < 4.78 is 5.34. The molecule has 0 aliphatic rings. The fourth-order valence-electron chi connectivity index (χ4n) is 2.63. The van der Waals surface area contributed by atoms with Gasteiger partial charge >= 0.3 is 0 Å². The maximum absolute atomic E-state index is 12.4. The van der Waals surface area contributed by atoms with Crippen molar-refractivity contribution in [2.75, 3.05) is 17.7 Å². The molecule has 0 fully saturated rings. The molecule has 0 radical (unpaired) electrons. The minimum atomic E-state index is -0.218. The molecule has 0 unspecified atom stereocenters. The lowest BCUT2D eigenvalue weighted by atomic mass is 10.2. The van der Waals surface area contributed by atoms with E-state index in [0.29, 0.717) is 22.9 Å². The molecule has 1 heterocycles. The average molecular weight is 382 g/mol. The molecule has 1 amide bonds. The van der Waals surface area contributed by atoms with E-state index in [2.05, 4.69) is 15.6 Å². The predicted octanol–water partition coefficient (Wildman–Crippen LogP) is 4.92. The molecule has 0 saturated carbocycles. The zero-order chi connectivity index (χ0) is 19.2. The molecule has 138 valence electrons. The fourth-order valence-corrected chi connectivity index (χ4v) is 2.86. The van der Waals surface area contributed by atoms with E-state index in [1.54, 1.807) is 43.6 Å². The minimum absolute atomic E-state index is 0.218. The lowest BCUT2D eigenvalue weighted by molar-refractivity contribution is 0.102. The van der Waals surface area contributed by atoms with Gasteiger partial charge in [0.1, 0.15) is 11.6 Å². The summed E-state index contributed by atoms with van der Waals surface area (Å²) in [5, 5.41) is 6.74. The van der Waals surface area contributed by atoms with Crippen molar-refractivity contribution in [2.45, 2.75) is 13.5 Å². The van der Waals surface area contributed by atoms with Crippen molar-refractivity contribution in [3.63, 3.8) is 0 Å². The van der Waals surface area contributed by atoms with Crippen LogP contribution in [0.2, 0.25) is 5.02 Å². The van der Waals surface area contributed by atoms with Crippen molar-refractivity contribution in [2.24, 2.45) is 0 Å². The Bertz CT molecular complexity index is 942. The van der Waals surface area contributed by atoms with Crippen LogP contribution in [0.4, 0.5) is 11.5 Å². The number of aromatic nitrogens is 1. The summed E-state index contributed by atoms with van der Waals surface area (Å²) in [5.74, 6) is 1.28. The fraction of sp³-hybridized carbons (Fsp3) is 0.143. The molecule has 0 spiro atoms. The molecule has 6 heteroatoms. The number of nitrogens with zero attached hydrogens (tertiary/aromatic N) is 1. The molecule has 0 saturated heterocycles. The zero-order valence-electron chi connectivity index (χ0n) is 15.1. The van der Waals surface area contributed by atoms with Gasteiger partial charge in [0, 0.05) is 29.0 Å². The van der Waals surface area contributed by atoms with E-state index in [4.69, 9.17) is 16.3 Å². The van der Waals surface area contributed by atoms with Crippen molar-refractivity contribution in [1.29, 1.82) is 0 Å². The molecule has 5 nitrogen and oxygen atoms in total. The number of carbonyl (C=O) groups excluding carboxylic acids is 1. The predicted molar refractivity (Wildman–Crippen MR) is 109 cm³/mol. The molecule has 2 N–H and O–H groups in total. The number of anilines is 2. The van der Waals surface area contributed by atoms with Crippen LogP contribution in [0.25, 0.3) is 0 Å². The third-order valence-corrected chi connectivity index (χ3v) is 4.35. The summed E-state index contributed by atoms with van der Waals surface area (Å²) in [6.07, 6.45) is 1.55. The Morgan fingerprint density at radius 3 is 2.67 bits per heavy atom. The zero-order valence-corrected chi connectivity index (χ0v) is 15.9. The lowest BCUT2D eigenvalue weighted by Crippen LogP contribution is -2.13. The number of methoxy groups -OCH3 is 1. The Hall–Kier alpha value is -3.05. The average Bonchev–Trinajstić information content (AvgIpc) is 2.69. The topological polar surface area (TPSA) is 63.2 Å². The highest BCUT2D eigenvalue weighted by Gasteiger charge is 2.09. The van der Waals surface area contributed by atoms with Crippen LogP contribution in [0, 0.1) is 6.92 Å². The van der Waals surface area contributed by atoms with E-state index in [1.807, 2.05) is 31.2 Å². The second-order valence-corrected chi connectivity index (χ2v) is 6.45. The summed E-state index contributed by atoms with van der Waals surface area (Å²) in [4.78, 5) is 16.7. The molecular weight excluding hydrogens is 362 g/mol. The van der Waals surface area contributed by atoms with Gasteiger partial charge in [0.25, 0.3) is 5.91 Å². The largest absolute Gasteiger partial charge is 0.496 e. The van der Waals surface area contributed by atoms with Crippen LogP contribution in [0.3, 0.4) is 0 Å². The van der Waals surface area contributed by atoms with Gasteiger partial charge in [-0.25, -0.2) is 4.98 Å². The quantitative estimate of drug-likeness (QED) is 0.636. The molecule has 0 aliphatic carbocycles. The van der Waals surface area contributed by atoms with Gasteiger partial charge in [-0.05, 0) is 48.9 Å². The maximum Gasteiger partial charge on any atom is 0.257 e. The third kappa shape index (κ3) is 4.77. The van der Waals surface area contributed by atoms with E-state index in [1.165, 1.54) is 0 Å². The normalized spacial score (nSPS) is 10.3. The molecule has 0 aliphatic heterocycles. The number of pyridine rings is 1. The van der Waals surface area contributed by atoms with Crippen LogP contribution >= 0.6 is 11.6 Å². The number of benzene rings is 2. The van der Waals surface area contributed by atoms with Crippen molar-refractivity contribution in [3.05, 3.63) is 82.5 Å². The summed E-state index contributed by atoms with van der Waals surface area (Å²) in [6.45, 7) is 2.47. The first-order chi connectivity index (χ1) is 13.1. The van der Waals surface area contributed by atoms with E-state index in [0.717, 1.165) is 22.6 Å². The monoisotopic (exact) mass is 381 g/mol. The molecule has 0 atom stereocenters. The minimum Gasteiger partial charge on any atom is -0.496 e. The van der Waals surface area contributed by atoms with Crippen LogP contribution in [0.1, 0.15) is 21.5 Å². The number of amides is 1. The number of nitrogens with one attached hydrogen (secondary N) is 2. The molecular formula is C21H20ClN3O2. The van der Waals surface area contributed by atoms with Crippen molar-refractivity contribution in [3.8, 4) is 5.75 Å².